The number of carbonyl (C=O) groups excluding carboxylic acids is 1. The minimum Gasteiger partial charge on any atom is -0.368 e. The van der Waals surface area contributed by atoms with E-state index < -0.39 is 5.25 Å². The summed E-state index contributed by atoms with van der Waals surface area (Å²) in [6, 6.07) is 0. The van der Waals surface area contributed by atoms with E-state index in [1.54, 1.807) is 19.0 Å². The van der Waals surface area contributed by atoms with Crippen molar-refractivity contribution < 1.29 is 4.79 Å². The predicted molar refractivity (Wildman–Crippen MR) is 106 cm³/mol. The summed E-state index contributed by atoms with van der Waals surface area (Å²) in [6.45, 7) is 1.90. The molecule has 0 spiro atoms. The van der Waals surface area contributed by atoms with Gasteiger partial charge in [-0.15, -0.1) is 0 Å². The fourth-order valence-electron chi connectivity index (χ4n) is 2.29. The standard InChI is InChI=1S/C15H18ClN9OS/c1-4-8(27-13-9-10(20-6-19-9)21-14(17)24-13)12(26)23-15-18-5-7(16)11(22-15)25(2)3/h5-6,8H,4H2,1-3H3,(H,18,22,23,26)(H3,17,19,20,21,24)/t8-/m0/s1. The van der Waals surface area contributed by atoms with Crippen LogP contribution in [0.25, 0.3) is 11.2 Å². The molecule has 1 amide bonds. The van der Waals surface area contributed by atoms with Gasteiger partial charge in [-0.1, -0.05) is 30.3 Å². The van der Waals surface area contributed by atoms with Crippen LogP contribution in [0.1, 0.15) is 13.3 Å². The molecule has 0 bridgehead atoms. The Morgan fingerprint density at radius 3 is 2.85 bits per heavy atom. The van der Waals surface area contributed by atoms with Gasteiger partial charge in [0.2, 0.25) is 17.8 Å². The van der Waals surface area contributed by atoms with Crippen LogP contribution in [0.4, 0.5) is 17.7 Å². The molecule has 3 aromatic heterocycles. The maximum atomic E-state index is 12.7. The third-order valence-electron chi connectivity index (χ3n) is 3.57. The van der Waals surface area contributed by atoms with E-state index in [0.717, 1.165) is 0 Å². The number of amides is 1. The lowest BCUT2D eigenvalue weighted by Gasteiger charge is -2.16. The molecule has 1 atom stereocenters. The first-order valence-corrected chi connectivity index (χ1v) is 9.28. The number of nitrogens with zero attached hydrogens (tertiary/aromatic N) is 6. The van der Waals surface area contributed by atoms with Gasteiger partial charge in [0.1, 0.15) is 15.6 Å². The number of aromatic amines is 1. The van der Waals surface area contributed by atoms with Gasteiger partial charge in [0.05, 0.1) is 17.8 Å². The summed E-state index contributed by atoms with van der Waals surface area (Å²) < 4.78 is 0. The van der Waals surface area contributed by atoms with Crippen molar-refractivity contribution in [1.29, 1.82) is 0 Å². The van der Waals surface area contributed by atoms with Crippen molar-refractivity contribution in [3.8, 4) is 0 Å². The number of hydrogen-bond donors (Lipinski definition) is 3. The number of aromatic nitrogens is 6. The second-order valence-corrected chi connectivity index (χ2v) is 7.35. The fourth-order valence-corrected chi connectivity index (χ4v) is 3.56. The lowest BCUT2D eigenvalue weighted by molar-refractivity contribution is -0.115. The van der Waals surface area contributed by atoms with Crippen LogP contribution in [0.2, 0.25) is 5.02 Å². The Morgan fingerprint density at radius 1 is 1.37 bits per heavy atom. The number of rotatable bonds is 6. The highest BCUT2D eigenvalue weighted by Crippen LogP contribution is 2.30. The van der Waals surface area contributed by atoms with Gasteiger partial charge in [0.15, 0.2) is 11.5 Å². The maximum Gasteiger partial charge on any atom is 0.240 e. The van der Waals surface area contributed by atoms with Crippen LogP contribution in [0.15, 0.2) is 17.6 Å². The number of hydrogen-bond acceptors (Lipinski definition) is 9. The van der Waals surface area contributed by atoms with E-state index in [1.165, 1.54) is 24.3 Å². The van der Waals surface area contributed by atoms with E-state index >= 15 is 0 Å². The lowest BCUT2D eigenvalue weighted by Crippen LogP contribution is -2.26. The Balaban J connectivity index is 1.80. The third-order valence-corrected chi connectivity index (χ3v) is 5.19. The van der Waals surface area contributed by atoms with Gasteiger partial charge in [0, 0.05) is 14.1 Å². The van der Waals surface area contributed by atoms with Gasteiger partial charge in [-0.3, -0.25) is 10.1 Å². The number of nitrogens with one attached hydrogen (secondary N) is 2. The fraction of sp³-hybridized carbons (Fsp3) is 0.333. The number of nitrogen functional groups attached to an aromatic ring is 1. The Bertz CT molecular complexity index is 977. The van der Waals surface area contributed by atoms with Gasteiger partial charge >= 0.3 is 0 Å². The quantitative estimate of drug-likeness (QED) is 0.413. The number of fused-ring (bicyclic) bond motifs is 1. The summed E-state index contributed by atoms with van der Waals surface area (Å²) in [4.78, 5) is 38.1. The van der Waals surface area contributed by atoms with Gasteiger partial charge in [-0.05, 0) is 6.42 Å². The Morgan fingerprint density at radius 2 is 2.15 bits per heavy atom. The number of H-pyrrole nitrogens is 1. The first-order chi connectivity index (χ1) is 12.9. The second kappa shape index (κ2) is 7.92. The molecule has 0 fully saturated rings. The van der Waals surface area contributed by atoms with Crippen LogP contribution in [0.3, 0.4) is 0 Å². The SMILES string of the molecule is CC[C@H](Sc1nc(N)nc2nc[nH]c12)C(=O)Nc1ncc(Cl)c(N(C)C)n1. The number of halogens is 1. The zero-order valence-electron chi connectivity index (χ0n) is 14.9. The molecule has 10 nitrogen and oxygen atoms in total. The lowest BCUT2D eigenvalue weighted by atomic mass is 10.3. The minimum atomic E-state index is -0.437. The summed E-state index contributed by atoms with van der Waals surface area (Å²) in [6.07, 6.45) is 3.52. The molecule has 0 aliphatic carbocycles. The van der Waals surface area contributed by atoms with Crippen molar-refractivity contribution in [3.05, 3.63) is 17.5 Å². The Hall–Kier alpha value is -2.66. The van der Waals surface area contributed by atoms with Crippen molar-refractivity contribution in [2.75, 3.05) is 30.0 Å². The van der Waals surface area contributed by atoms with Gasteiger partial charge in [-0.2, -0.15) is 9.97 Å². The van der Waals surface area contributed by atoms with E-state index in [4.69, 9.17) is 17.3 Å². The second-order valence-electron chi connectivity index (χ2n) is 5.75. The third kappa shape index (κ3) is 4.19. The van der Waals surface area contributed by atoms with Crippen LogP contribution in [-0.2, 0) is 4.79 Å². The molecule has 142 valence electrons. The molecule has 0 aliphatic heterocycles. The van der Waals surface area contributed by atoms with E-state index in [9.17, 15) is 4.79 Å². The summed E-state index contributed by atoms with van der Waals surface area (Å²) in [5.41, 5.74) is 6.83. The highest BCUT2D eigenvalue weighted by atomic mass is 35.5. The van der Waals surface area contributed by atoms with Gasteiger partial charge in [0.25, 0.3) is 0 Å². The highest BCUT2D eigenvalue weighted by Gasteiger charge is 2.22. The van der Waals surface area contributed by atoms with Crippen molar-refractivity contribution in [1.82, 2.24) is 29.9 Å². The molecular weight excluding hydrogens is 390 g/mol. The van der Waals surface area contributed by atoms with Crippen LogP contribution < -0.4 is 16.0 Å². The topological polar surface area (TPSA) is 139 Å². The van der Waals surface area contributed by atoms with Crippen LogP contribution >= 0.6 is 23.4 Å². The smallest absolute Gasteiger partial charge is 0.240 e. The molecule has 0 unspecified atom stereocenters. The summed E-state index contributed by atoms with van der Waals surface area (Å²) >= 11 is 7.34. The number of anilines is 3. The first kappa shape index (κ1) is 19.1. The predicted octanol–water partition coefficient (Wildman–Crippen LogP) is 1.95. The van der Waals surface area contributed by atoms with E-state index in [2.05, 4.69) is 35.2 Å². The molecule has 0 saturated heterocycles. The zero-order chi connectivity index (χ0) is 19.6. The van der Waals surface area contributed by atoms with Crippen molar-refractivity contribution >= 4 is 58.1 Å². The van der Waals surface area contributed by atoms with Crippen LogP contribution in [0, 0.1) is 0 Å². The molecule has 4 N–H and O–H groups in total. The molecule has 3 heterocycles. The number of nitrogens with two attached hydrogens (primary N) is 1. The van der Waals surface area contributed by atoms with Gasteiger partial charge < -0.3 is 15.6 Å². The molecular formula is C15H18ClN9OS. The number of carbonyl (C=O) groups is 1. The average molecular weight is 408 g/mol. The molecule has 3 rings (SSSR count). The summed E-state index contributed by atoms with van der Waals surface area (Å²) in [7, 11) is 3.61. The summed E-state index contributed by atoms with van der Waals surface area (Å²) in [5, 5.41) is 3.25. The minimum absolute atomic E-state index is 0.101. The Labute approximate surface area is 164 Å². The Kier molecular flexibility index (Phi) is 5.61. The van der Waals surface area contributed by atoms with Crippen molar-refractivity contribution in [3.63, 3.8) is 0 Å². The number of imidazole rings is 1. The highest BCUT2D eigenvalue weighted by molar-refractivity contribution is 8.00. The molecule has 27 heavy (non-hydrogen) atoms. The monoisotopic (exact) mass is 407 g/mol. The molecule has 0 aromatic carbocycles. The maximum absolute atomic E-state index is 12.7. The zero-order valence-corrected chi connectivity index (χ0v) is 16.5. The molecule has 0 radical (unpaired) electrons. The van der Waals surface area contributed by atoms with Crippen LogP contribution in [0.5, 0.6) is 0 Å². The van der Waals surface area contributed by atoms with Gasteiger partial charge in [-0.25, -0.2) is 15.0 Å². The largest absolute Gasteiger partial charge is 0.368 e. The molecule has 12 heteroatoms. The molecule has 0 saturated carbocycles. The van der Waals surface area contributed by atoms with Crippen molar-refractivity contribution in [2.24, 2.45) is 0 Å². The summed E-state index contributed by atoms with van der Waals surface area (Å²) in [5.74, 6) is 0.551. The normalized spacial score (nSPS) is 12.1. The van der Waals surface area contributed by atoms with E-state index in [0.29, 0.717) is 33.5 Å². The van der Waals surface area contributed by atoms with E-state index in [-0.39, 0.29) is 17.8 Å². The number of thioether (sulfide) groups is 1. The van der Waals surface area contributed by atoms with E-state index in [1.807, 2.05) is 6.92 Å². The molecule has 0 aliphatic rings. The van der Waals surface area contributed by atoms with Crippen LogP contribution in [-0.4, -0.2) is 55.2 Å². The van der Waals surface area contributed by atoms with Crippen molar-refractivity contribution in [2.45, 2.75) is 23.6 Å². The first-order valence-electron chi connectivity index (χ1n) is 8.03. The molecule has 3 aromatic rings. The average Bonchev–Trinajstić information content (AvgIpc) is 3.09.